The normalized spacial score (nSPS) is 13.4. The van der Waals surface area contributed by atoms with Crippen LogP contribution in [-0.2, 0) is 25.7 Å². The van der Waals surface area contributed by atoms with Crippen molar-refractivity contribution in [2.24, 2.45) is 5.73 Å². The molecular weight excluding hydrogens is 250 g/mol. The molecule has 6 nitrogen and oxygen atoms in total. The van der Waals surface area contributed by atoms with Crippen LogP contribution < -0.4 is 5.73 Å². The zero-order valence-electron chi connectivity index (χ0n) is 10.7. The van der Waals surface area contributed by atoms with Crippen molar-refractivity contribution in [3.8, 4) is 0 Å². The number of nitrogens with two attached hydrogens (primary N) is 1. The molecule has 0 aliphatic heterocycles. The Morgan fingerprint density at radius 2 is 1.89 bits per heavy atom. The van der Waals surface area contributed by atoms with Gasteiger partial charge in [0.2, 0.25) is 5.54 Å². The number of aliphatic hydroxyl groups is 1. The van der Waals surface area contributed by atoms with Gasteiger partial charge in [0.15, 0.2) is 0 Å². The van der Waals surface area contributed by atoms with E-state index in [1.807, 2.05) is 6.07 Å². The second kappa shape index (κ2) is 6.86. The molecule has 0 fully saturated rings. The number of methoxy groups -OCH3 is 1. The molecule has 0 bridgehead atoms. The zero-order valence-corrected chi connectivity index (χ0v) is 10.7. The number of benzene rings is 1. The van der Waals surface area contributed by atoms with Gasteiger partial charge in [0.1, 0.15) is 6.61 Å². The van der Waals surface area contributed by atoms with E-state index < -0.39 is 24.1 Å². The van der Waals surface area contributed by atoms with Crippen LogP contribution in [0.25, 0.3) is 0 Å². The Morgan fingerprint density at radius 3 is 2.42 bits per heavy atom. The maximum absolute atomic E-state index is 11.9. The quantitative estimate of drug-likeness (QED) is 0.555. The average molecular weight is 267 g/mol. The van der Waals surface area contributed by atoms with E-state index in [1.54, 1.807) is 24.3 Å². The van der Waals surface area contributed by atoms with E-state index in [-0.39, 0.29) is 13.0 Å². The van der Waals surface area contributed by atoms with Crippen molar-refractivity contribution in [1.82, 2.24) is 0 Å². The summed E-state index contributed by atoms with van der Waals surface area (Å²) in [6.45, 7) is -0.424. The van der Waals surface area contributed by atoms with Gasteiger partial charge in [-0.05, 0) is 5.56 Å². The Kier molecular flexibility index (Phi) is 5.47. The third-order valence-electron chi connectivity index (χ3n) is 2.63. The highest BCUT2D eigenvalue weighted by molar-refractivity contribution is 6.04. The van der Waals surface area contributed by atoms with E-state index in [1.165, 1.54) is 0 Å². The minimum atomic E-state index is -1.97. The third kappa shape index (κ3) is 3.77. The number of hydrogen-bond donors (Lipinski definition) is 2. The Balaban J connectivity index is 2.70. The lowest BCUT2D eigenvalue weighted by Gasteiger charge is -2.23. The first-order chi connectivity index (χ1) is 9.04. The summed E-state index contributed by atoms with van der Waals surface area (Å²) in [7, 11) is 1.12. The highest BCUT2D eigenvalue weighted by atomic mass is 16.6. The first-order valence-electron chi connectivity index (χ1n) is 5.74. The van der Waals surface area contributed by atoms with E-state index in [2.05, 4.69) is 4.74 Å². The van der Waals surface area contributed by atoms with Crippen molar-refractivity contribution in [1.29, 1.82) is 0 Å². The van der Waals surface area contributed by atoms with Crippen LogP contribution in [0.2, 0.25) is 0 Å². The van der Waals surface area contributed by atoms with Crippen LogP contribution in [-0.4, -0.2) is 36.3 Å². The van der Waals surface area contributed by atoms with E-state index in [9.17, 15) is 9.59 Å². The summed E-state index contributed by atoms with van der Waals surface area (Å²) >= 11 is 0. The SMILES string of the molecule is COC(=O)[C@](N)(CCO)C(=O)OCc1ccccc1. The van der Waals surface area contributed by atoms with E-state index >= 15 is 0 Å². The van der Waals surface area contributed by atoms with Gasteiger partial charge in [-0.1, -0.05) is 30.3 Å². The highest BCUT2D eigenvalue weighted by Gasteiger charge is 2.44. The van der Waals surface area contributed by atoms with Gasteiger partial charge in [0.25, 0.3) is 0 Å². The van der Waals surface area contributed by atoms with Gasteiger partial charge in [-0.15, -0.1) is 0 Å². The molecule has 0 aliphatic carbocycles. The predicted molar refractivity (Wildman–Crippen MR) is 66.9 cm³/mol. The van der Waals surface area contributed by atoms with Crippen LogP contribution in [0.1, 0.15) is 12.0 Å². The Labute approximate surface area is 111 Å². The first kappa shape index (κ1) is 15.1. The summed E-state index contributed by atoms with van der Waals surface area (Å²) in [5, 5.41) is 8.88. The Morgan fingerprint density at radius 1 is 1.26 bits per heavy atom. The van der Waals surface area contributed by atoms with Gasteiger partial charge in [0, 0.05) is 13.0 Å². The summed E-state index contributed by atoms with van der Waals surface area (Å²) in [5.41, 5.74) is 4.46. The molecule has 0 aromatic heterocycles. The van der Waals surface area contributed by atoms with Crippen LogP contribution in [0.5, 0.6) is 0 Å². The molecule has 3 N–H and O–H groups in total. The van der Waals surface area contributed by atoms with Crippen LogP contribution >= 0.6 is 0 Å². The number of esters is 2. The average Bonchev–Trinajstić information content (AvgIpc) is 2.45. The molecule has 0 amide bonds. The summed E-state index contributed by atoms with van der Waals surface area (Å²) in [5.74, 6) is -1.85. The lowest BCUT2D eigenvalue weighted by molar-refractivity contribution is -0.164. The van der Waals surface area contributed by atoms with Gasteiger partial charge >= 0.3 is 11.9 Å². The van der Waals surface area contributed by atoms with Gasteiger partial charge in [-0.3, -0.25) is 0 Å². The predicted octanol–water partition coefficient (Wildman–Crippen LogP) is -0.0173. The van der Waals surface area contributed by atoms with Crippen LogP contribution in [0.15, 0.2) is 30.3 Å². The Bertz CT molecular complexity index is 434. The lowest BCUT2D eigenvalue weighted by atomic mass is 9.97. The molecule has 0 heterocycles. The number of hydrogen-bond acceptors (Lipinski definition) is 6. The topological polar surface area (TPSA) is 98.9 Å². The summed E-state index contributed by atoms with van der Waals surface area (Å²) in [6, 6.07) is 8.98. The maximum atomic E-state index is 11.9. The number of carbonyl (C=O) groups excluding carboxylic acids is 2. The van der Waals surface area contributed by atoms with Crippen molar-refractivity contribution in [3.05, 3.63) is 35.9 Å². The molecule has 0 aliphatic rings. The number of ether oxygens (including phenoxy) is 2. The smallest absolute Gasteiger partial charge is 0.338 e. The molecule has 0 spiro atoms. The molecule has 1 atom stereocenters. The number of aliphatic hydroxyl groups excluding tert-OH is 1. The molecule has 0 saturated carbocycles. The second-order valence-electron chi connectivity index (χ2n) is 4.00. The summed E-state index contributed by atoms with van der Waals surface area (Å²) in [6.07, 6.45) is -0.257. The van der Waals surface area contributed by atoms with Gasteiger partial charge in [-0.2, -0.15) is 0 Å². The van der Waals surface area contributed by atoms with Gasteiger partial charge < -0.3 is 20.3 Å². The third-order valence-corrected chi connectivity index (χ3v) is 2.63. The van der Waals surface area contributed by atoms with Crippen molar-refractivity contribution in [2.45, 2.75) is 18.6 Å². The van der Waals surface area contributed by atoms with Gasteiger partial charge in [-0.25, -0.2) is 9.59 Å². The second-order valence-corrected chi connectivity index (χ2v) is 4.00. The number of rotatable bonds is 6. The monoisotopic (exact) mass is 267 g/mol. The van der Waals surface area contributed by atoms with Crippen molar-refractivity contribution < 1.29 is 24.2 Å². The molecule has 0 unspecified atom stereocenters. The van der Waals surface area contributed by atoms with Crippen molar-refractivity contribution >= 4 is 11.9 Å². The molecule has 0 radical (unpaired) electrons. The molecule has 0 saturated heterocycles. The first-order valence-corrected chi connectivity index (χ1v) is 5.74. The molecule has 6 heteroatoms. The van der Waals surface area contributed by atoms with Crippen molar-refractivity contribution in [2.75, 3.05) is 13.7 Å². The molecule has 19 heavy (non-hydrogen) atoms. The van der Waals surface area contributed by atoms with Crippen LogP contribution in [0.4, 0.5) is 0 Å². The maximum Gasteiger partial charge on any atom is 0.338 e. The van der Waals surface area contributed by atoms with Crippen molar-refractivity contribution in [3.63, 3.8) is 0 Å². The fraction of sp³-hybridized carbons (Fsp3) is 0.385. The minimum Gasteiger partial charge on any atom is -0.467 e. The van der Waals surface area contributed by atoms with Crippen LogP contribution in [0.3, 0.4) is 0 Å². The molecular formula is C13H17NO5. The standard InChI is InChI=1S/C13H17NO5/c1-18-11(16)13(14,7-8-15)12(17)19-9-10-5-3-2-4-6-10/h2-6,15H,7-9,14H2,1H3/t13-/m1/s1. The zero-order chi connectivity index (χ0) is 14.3. The molecule has 1 aromatic carbocycles. The Hall–Kier alpha value is -1.92. The largest absolute Gasteiger partial charge is 0.467 e. The minimum absolute atomic E-state index is 0.00104. The summed E-state index contributed by atoms with van der Waals surface area (Å²) in [4.78, 5) is 23.4. The van der Waals surface area contributed by atoms with E-state index in [4.69, 9.17) is 15.6 Å². The molecule has 1 aromatic rings. The fourth-order valence-corrected chi connectivity index (χ4v) is 1.50. The van der Waals surface area contributed by atoms with Gasteiger partial charge in [0.05, 0.1) is 7.11 Å². The summed E-state index contributed by atoms with van der Waals surface area (Å²) < 4.78 is 9.46. The van der Waals surface area contributed by atoms with E-state index in [0.717, 1.165) is 12.7 Å². The molecule has 1 rings (SSSR count). The number of carbonyl (C=O) groups is 2. The van der Waals surface area contributed by atoms with E-state index in [0.29, 0.717) is 0 Å². The fourth-order valence-electron chi connectivity index (χ4n) is 1.50. The molecule has 104 valence electrons. The van der Waals surface area contributed by atoms with Crippen LogP contribution in [0, 0.1) is 0 Å². The lowest BCUT2D eigenvalue weighted by Crippen LogP contribution is -2.56. The highest BCUT2D eigenvalue weighted by Crippen LogP contribution is 2.13.